The number of nitrogens with zero attached hydrogens (tertiary/aromatic N) is 1. The fourth-order valence-corrected chi connectivity index (χ4v) is 3.83. The molecule has 3 nitrogen and oxygen atoms in total. The summed E-state index contributed by atoms with van der Waals surface area (Å²) in [5.74, 6) is -0.688. The maximum absolute atomic E-state index is 13.1. The van der Waals surface area contributed by atoms with E-state index < -0.39 is 0 Å². The molecule has 1 N–H and O–H groups in total. The van der Waals surface area contributed by atoms with Crippen molar-refractivity contribution >= 4 is 40.7 Å². The van der Waals surface area contributed by atoms with Crippen molar-refractivity contribution in [1.82, 2.24) is 10.3 Å². The molecular weight excluding hydrogens is 470 g/mol. The Bertz CT molecular complexity index is 1280. The van der Waals surface area contributed by atoms with Gasteiger partial charge in [-0.1, -0.05) is 59.1 Å². The first-order valence-electron chi connectivity index (χ1n) is 9.66. The van der Waals surface area contributed by atoms with Gasteiger partial charge >= 0.3 is 0 Å². The van der Waals surface area contributed by atoms with Gasteiger partial charge in [0.1, 0.15) is 11.5 Å². The Morgan fingerprint density at radius 3 is 2.16 bits per heavy atom. The molecule has 160 valence electrons. The lowest BCUT2D eigenvalue weighted by Crippen LogP contribution is -2.24. The summed E-state index contributed by atoms with van der Waals surface area (Å²) in [5.41, 5.74) is 3.86. The van der Waals surface area contributed by atoms with Crippen molar-refractivity contribution in [3.63, 3.8) is 0 Å². The first-order chi connectivity index (χ1) is 15.4. The number of halogens is 4. The molecule has 0 atom stereocenters. The molecule has 0 radical (unpaired) electrons. The van der Waals surface area contributed by atoms with Crippen molar-refractivity contribution in [2.24, 2.45) is 0 Å². The van der Waals surface area contributed by atoms with E-state index >= 15 is 0 Å². The summed E-state index contributed by atoms with van der Waals surface area (Å²) < 4.78 is 13.1. The van der Waals surface area contributed by atoms with Crippen molar-refractivity contribution in [1.29, 1.82) is 0 Å². The smallest absolute Gasteiger partial charge is 0.270 e. The monoisotopic (exact) mass is 484 g/mol. The Kier molecular flexibility index (Phi) is 6.75. The van der Waals surface area contributed by atoms with Gasteiger partial charge in [0.05, 0.1) is 10.7 Å². The average Bonchev–Trinajstić information content (AvgIpc) is 2.79. The van der Waals surface area contributed by atoms with Crippen molar-refractivity contribution in [2.75, 3.05) is 0 Å². The van der Waals surface area contributed by atoms with Crippen LogP contribution in [0.25, 0.3) is 22.4 Å². The van der Waals surface area contributed by atoms with Gasteiger partial charge in [-0.25, -0.2) is 9.37 Å². The molecule has 0 aliphatic carbocycles. The molecular formula is C25H16Cl3FN2O. The highest BCUT2D eigenvalue weighted by molar-refractivity contribution is 6.36. The molecule has 4 rings (SSSR count). The molecule has 4 aromatic rings. The minimum atomic E-state index is -0.358. The lowest BCUT2D eigenvalue weighted by molar-refractivity contribution is 0.0946. The molecule has 1 amide bonds. The number of pyridine rings is 1. The van der Waals surface area contributed by atoms with Crippen LogP contribution in [0.3, 0.4) is 0 Å². The minimum absolute atomic E-state index is 0.228. The fraction of sp³-hybridized carbons (Fsp3) is 0.0400. The second-order valence-corrected chi connectivity index (χ2v) is 8.31. The van der Waals surface area contributed by atoms with E-state index in [0.717, 1.165) is 16.7 Å². The zero-order chi connectivity index (χ0) is 22.7. The van der Waals surface area contributed by atoms with Gasteiger partial charge < -0.3 is 5.32 Å². The maximum atomic E-state index is 13.1. The number of carbonyl (C=O) groups excluding carboxylic acids is 1. The minimum Gasteiger partial charge on any atom is -0.347 e. The van der Waals surface area contributed by atoms with Crippen LogP contribution >= 0.6 is 34.8 Å². The van der Waals surface area contributed by atoms with Crippen molar-refractivity contribution < 1.29 is 9.18 Å². The largest absolute Gasteiger partial charge is 0.347 e. The van der Waals surface area contributed by atoms with E-state index in [9.17, 15) is 9.18 Å². The third-order valence-corrected chi connectivity index (χ3v) is 5.64. The number of benzene rings is 3. The van der Waals surface area contributed by atoms with Gasteiger partial charge in [-0.05, 0) is 65.7 Å². The van der Waals surface area contributed by atoms with E-state index in [4.69, 9.17) is 34.8 Å². The van der Waals surface area contributed by atoms with Crippen LogP contribution in [0.5, 0.6) is 0 Å². The summed E-state index contributed by atoms with van der Waals surface area (Å²) >= 11 is 18.6. The highest BCUT2D eigenvalue weighted by Crippen LogP contribution is 2.36. The van der Waals surface area contributed by atoms with E-state index in [1.807, 2.05) is 18.2 Å². The van der Waals surface area contributed by atoms with Crippen LogP contribution in [-0.2, 0) is 6.54 Å². The van der Waals surface area contributed by atoms with Crippen LogP contribution in [0, 0.1) is 5.82 Å². The number of hydrogen-bond acceptors (Lipinski definition) is 2. The average molecular weight is 486 g/mol. The molecule has 0 saturated carbocycles. The molecule has 3 aromatic carbocycles. The zero-order valence-corrected chi connectivity index (χ0v) is 18.8. The second-order valence-electron chi connectivity index (χ2n) is 7.03. The summed E-state index contributed by atoms with van der Waals surface area (Å²) in [6.07, 6.45) is 0. The SMILES string of the molecule is O=C(NCc1ccc(F)cc1)c1ccc(-c2ccc(Cl)cc2)c(-c2ccc(Cl)cc2Cl)n1. The molecule has 0 unspecified atom stereocenters. The Balaban J connectivity index is 1.70. The zero-order valence-electron chi connectivity index (χ0n) is 16.6. The molecule has 0 fully saturated rings. The van der Waals surface area contributed by atoms with Gasteiger partial charge in [0.2, 0.25) is 0 Å². The summed E-state index contributed by atoms with van der Waals surface area (Å²) in [7, 11) is 0. The van der Waals surface area contributed by atoms with Crippen LogP contribution in [0.15, 0.2) is 78.9 Å². The van der Waals surface area contributed by atoms with E-state index in [1.165, 1.54) is 12.1 Å². The number of carbonyl (C=O) groups is 1. The van der Waals surface area contributed by atoms with Crippen molar-refractivity contribution in [3.05, 3.63) is 111 Å². The molecule has 0 aliphatic heterocycles. The molecule has 7 heteroatoms. The number of hydrogen-bond donors (Lipinski definition) is 1. The Morgan fingerprint density at radius 1 is 0.812 bits per heavy atom. The quantitative estimate of drug-likeness (QED) is 0.319. The lowest BCUT2D eigenvalue weighted by Gasteiger charge is -2.13. The predicted octanol–water partition coefficient (Wildman–Crippen LogP) is 7.44. The van der Waals surface area contributed by atoms with Gasteiger partial charge in [-0.3, -0.25) is 4.79 Å². The van der Waals surface area contributed by atoms with Crippen LogP contribution in [-0.4, -0.2) is 10.9 Å². The predicted molar refractivity (Wildman–Crippen MR) is 128 cm³/mol. The molecule has 0 spiro atoms. The van der Waals surface area contributed by atoms with Gasteiger partial charge in [0.15, 0.2) is 0 Å². The first-order valence-corrected chi connectivity index (χ1v) is 10.8. The maximum Gasteiger partial charge on any atom is 0.270 e. The Labute approximate surface area is 199 Å². The molecule has 0 aliphatic rings. The van der Waals surface area contributed by atoms with Gasteiger partial charge in [0, 0.05) is 27.7 Å². The summed E-state index contributed by atoms with van der Waals surface area (Å²) in [6, 6.07) is 21.8. The summed E-state index contributed by atoms with van der Waals surface area (Å²) in [5, 5.41) is 4.34. The summed E-state index contributed by atoms with van der Waals surface area (Å²) in [4.78, 5) is 17.4. The van der Waals surface area contributed by atoms with Crippen molar-refractivity contribution in [3.8, 4) is 22.4 Å². The topological polar surface area (TPSA) is 42.0 Å². The molecule has 32 heavy (non-hydrogen) atoms. The lowest BCUT2D eigenvalue weighted by atomic mass is 9.98. The van der Waals surface area contributed by atoms with Crippen LogP contribution in [0.2, 0.25) is 15.1 Å². The van der Waals surface area contributed by atoms with Crippen LogP contribution in [0.1, 0.15) is 16.1 Å². The van der Waals surface area contributed by atoms with Gasteiger partial charge in [0.25, 0.3) is 5.91 Å². The highest BCUT2D eigenvalue weighted by atomic mass is 35.5. The van der Waals surface area contributed by atoms with Gasteiger partial charge in [-0.15, -0.1) is 0 Å². The van der Waals surface area contributed by atoms with E-state index in [0.29, 0.717) is 26.3 Å². The molecule has 1 aromatic heterocycles. The first kappa shape index (κ1) is 22.3. The normalized spacial score (nSPS) is 10.8. The Hall–Kier alpha value is -2.92. The van der Waals surface area contributed by atoms with E-state index in [-0.39, 0.29) is 24.0 Å². The third kappa shape index (κ3) is 5.10. The number of rotatable bonds is 5. The van der Waals surface area contributed by atoms with E-state index in [1.54, 1.807) is 48.5 Å². The standard InChI is InChI=1S/C25H16Cl3FN2O/c26-17-5-3-16(4-6-17)20-11-12-23(25(32)30-14-15-1-8-19(29)9-2-15)31-24(20)21-10-7-18(27)13-22(21)28/h1-13H,14H2,(H,30,32). The van der Waals surface area contributed by atoms with Crippen molar-refractivity contribution in [2.45, 2.75) is 6.54 Å². The highest BCUT2D eigenvalue weighted by Gasteiger charge is 2.17. The van der Waals surface area contributed by atoms with E-state index in [2.05, 4.69) is 10.3 Å². The fourth-order valence-electron chi connectivity index (χ4n) is 3.21. The number of aromatic nitrogens is 1. The van der Waals surface area contributed by atoms with Crippen LogP contribution in [0.4, 0.5) is 4.39 Å². The summed E-state index contributed by atoms with van der Waals surface area (Å²) in [6.45, 7) is 0.247. The number of nitrogens with one attached hydrogen (secondary N) is 1. The molecule has 1 heterocycles. The second kappa shape index (κ2) is 9.70. The molecule has 0 bridgehead atoms. The van der Waals surface area contributed by atoms with Crippen LogP contribution < -0.4 is 5.32 Å². The molecule has 0 saturated heterocycles. The number of amides is 1. The Morgan fingerprint density at radius 2 is 1.47 bits per heavy atom. The van der Waals surface area contributed by atoms with Gasteiger partial charge in [-0.2, -0.15) is 0 Å². The third-order valence-electron chi connectivity index (χ3n) is 4.84.